The molecule has 0 unspecified atom stereocenters. The minimum absolute atomic E-state index is 0.0450. The van der Waals surface area contributed by atoms with Crippen LogP contribution in [0.2, 0.25) is 0 Å². The van der Waals surface area contributed by atoms with Gasteiger partial charge >= 0.3 is 0 Å². The van der Waals surface area contributed by atoms with Gasteiger partial charge in [0.1, 0.15) is 0 Å². The van der Waals surface area contributed by atoms with E-state index in [0.29, 0.717) is 26.2 Å². The first kappa shape index (κ1) is 15.2. The highest BCUT2D eigenvalue weighted by Gasteiger charge is 2.27. The molecular formula is C13H15F5N2. The fourth-order valence-electron chi connectivity index (χ4n) is 2.43. The van der Waals surface area contributed by atoms with Crippen molar-refractivity contribution >= 4 is 0 Å². The van der Waals surface area contributed by atoms with Crippen LogP contribution in [0.5, 0.6) is 0 Å². The van der Waals surface area contributed by atoms with Crippen LogP contribution in [0, 0.1) is 17.5 Å². The molecule has 0 bridgehead atoms. The van der Waals surface area contributed by atoms with E-state index < -0.39 is 36.3 Å². The first-order chi connectivity index (χ1) is 9.49. The van der Waals surface area contributed by atoms with Gasteiger partial charge in [-0.2, -0.15) is 0 Å². The average molecular weight is 294 g/mol. The van der Waals surface area contributed by atoms with Crippen LogP contribution in [0.4, 0.5) is 22.0 Å². The highest BCUT2D eigenvalue weighted by molar-refractivity contribution is 5.23. The number of halogens is 5. The number of hydrogen-bond donors (Lipinski definition) is 1. The van der Waals surface area contributed by atoms with Crippen LogP contribution in [0.1, 0.15) is 18.0 Å². The number of nitrogens with zero attached hydrogens (tertiary/aromatic N) is 1. The van der Waals surface area contributed by atoms with Gasteiger partial charge in [0.25, 0.3) is 0 Å². The van der Waals surface area contributed by atoms with E-state index in [9.17, 15) is 22.0 Å². The second-order valence-corrected chi connectivity index (χ2v) is 4.73. The monoisotopic (exact) mass is 294 g/mol. The highest BCUT2D eigenvalue weighted by atomic mass is 19.3. The summed E-state index contributed by atoms with van der Waals surface area (Å²) < 4.78 is 64.9. The van der Waals surface area contributed by atoms with Gasteiger partial charge in [-0.3, -0.25) is 4.90 Å². The van der Waals surface area contributed by atoms with Crippen molar-refractivity contribution in [3.8, 4) is 0 Å². The molecule has 7 heteroatoms. The predicted molar refractivity (Wildman–Crippen MR) is 64.1 cm³/mol. The van der Waals surface area contributed by atoms with Gasteiger partial charge in [0.05, 0.1) is 0 Å². The second-order valence-electron chi connectivity index (χ2n) is 4.73. The Morgan fingerprint density at radius 2 is 1.60 bits per heavy atom. The zero-order chi connectivity index (χ0) is 14.7. The largest absolute Gasteiger partial charge is 0.314 e. The normalized spacial score (nSPS) is 18.5. The van der Waals surface area contributed by atoms with Crippen molar-refractivity contribution in [3.63, 3.8) is 0 Å². The molecule has 0 radical (unpaired) electrons. The summed E-state index contributed by atoms with van der Waals surface area (Å²) in [6, 6.07) is 0.780. The fraction of sp³-hybridized carbons (Fsp3) is 0.538. The van der Waals surface area contributed by atoms with Gasteiger partial charge in [0.2, 0.25) is 6.43 Å². The zero-order valence-corrected chi connectivity index (χ0v) is 10.7. The molecule has 1 aromatic carbocycles. The van der Waals surface area contributed by atoms with E-state index in [1.54, 1.807) is 4.90 Å². The molecule has 1 saturated heterocycles. The molecule has 1 aliphatic heterocycles. The molecule has 2 rings (SSSR count). The molecule has 1 heterocycles. The Labute approximate surface area is 113 Å². The molecule has 112 valence electrons. The van der Waals surface area contributed by atoms with Gasteiger partial charge in [-0.1, -0.05) is 0 Å². The summed E-state index contributed by atoms with van der Waals surface area (Å²) in [6.07, 6.45) is -3.14. The zero-order valence-electron chi connectivity index (χ0n) is 10.7. The number of hydrogen-bond acceptors (Lipinski definition) is 2. The lowest BCUT2D eigenvalue weighted by Crippen LogP contribution is -2.45. The van der Waals surface area contributed by atoms with Crippen LogP contribution in [-0.4, -0.2) is 37.5 Å². The Kier molecular flexibility index (Phi) is 4.93. The molecule has 0 saturated carbocycles. The first-order valence-corrected chi connectivity index (χ1v) is 6.36. The van der Waals surface area contributed by atoms with E-state index in [1.807, 2.05) is 0 Å². The molecule has 1 N–H and O–H groups in total. The molecule has 1 aliphatic rings. The smallest absolute Gasteiger partial charge is 0.240 e. The van der Waals surface area contributed by atoms with Crippen LogP contribution in [0.15, 0.2) is 12.1 Å². The molecule has 1 atom stereocenters. The van der Waals surface area contributed by atoms with Crippen molar-refractivity contribution in [1.29, 1.82) is 0 Å². The summed E-state index contributed by atoms with van der Waals surface area (Å²) in [4.78, 5) is 1.73. The van der Waals surface area contributed by atoms with E-state index in [0.717, 1.165) is 12.1 Å². The maximum Gasteiger partial charge on any atom is 0.240 e. The minimum Gasteiger partial charge on any atom is -0.314 e. The van der Waals surface area contributed by atoms with Crippen molar-refractivity contribution in [2.24, 2.45) is 0 Å². The predicted octanol–water partition coefficient (Wildman–Crippen LogP) is 2.71. The van der Waals surface area contributed by atoms with Crippen molar-refractivity contribution in [2.45, 2.75) is 18.9 Å². The Morgan fingerprint density at radius 3 is 2.10 bits per heavy atom. The number of benzene rings is 1. The van der Waals surface area contributed by atoms with Crippen molar-refractivity contribution in [1.82, 2.24) is 10.2 Å². The number of rotatable bonds is 4. The van der Waals surface area contributed by atoms with E-state index in [4.69, 9.17) is 0 Å². The van der Waals surface area contributed by atoms with Gasteiger partial charge in [-0.25, -0.2) is 22.0 Å². The molecule has 2 nitrogen and oxygen atoms in total. The van der Waals surface area contributed by atoms with Crippen molar-refractivity contribution in [3.05, 3.63) is 35.1 Å². The third-order valence-corrected chi connectivity index (χ3v) is 3.38. The molecule has 0 aliphatic carbocycles. The first-order valence-electron chi connectivity index (χ1n) is 6.36. The summed E-state index contributed by atoms with van der Waals surface area (Å²) >= 11 is 0. The molecule has 1 fully saturated rings. The third-order valence-electron chi connectivity index (χ3n) is 3.38. The van der Waals surface area contributed by atoms with E-state index in [1.165, 1.54) is 0 Å². The lowest BCUT2D eigenvalue weighted by Gasteiger charge is -2.35. The van der Waals surface area contributed by atoms with Gasteiger partial charge in [-0.15, -0.1) is 0 Å². The Bertz CT molecular complexity index is 437. The van der Waals surface area contributed by atoms with Gasteiger partial charge in [0, 0.05) is 38.6 Å². The Balaban J connectivity index is 2.30. The molecule has 20 heavy (non-hydrogen) atoms. The summed E-state index contributed by atoms with van der Waals surface area (Å²) in [7, 11) is 0. The van der Waals surface area contributed by atoms with E-state index in [-0.39, 0.29) is 5.56 Å². The van der Waals surface area contributed by atoms with Crippen molar-refractivity contribution in [2.75, 3.05) is 26.2 Å². The summed E-state index contributed by atoms with van der Waals surface area (Å²) in [6.45, 7) is 2.23. The van der Waals surface area contributed by atoms with Crippen molar-refractivity contribution < 1.29 is 22.0 Å². The van der Waals surface area contributed by atoms with Crippen LogP contribution in [-0.2, 0) is 0 Å². The number of nitrogens with one attached hydrogen (secondary N) is 1. The second kappa shape index (κ2) is 6.49. The third kappa shape index (κ3) is 3.46. The minimum atomic E-state index is -2.61. The average Bonchev–Trinajstić information content (AvgIpc) is 2.42. The standard InChI is InChI=1S/C13H15F5N2/c14-9-5-8(6-10(15)13(9)18)11(7-12(16)17)20-3-1-19-2-4-20/h5-6,11-12,19H,1-4,7H2/t11-/m1/s1. The SMILES string of the molecule is Fc1cc([C@@H](CC(F)F)N2CCNCC2)cc(F)c1F. The Morgan fingerprint density at radius 1 is 1.05 bits per heavy atom. The molecule has 0 spiro atoms. The van der Waals surface area contributed by atoms with Crippen LogP contribution in [0.25, 0.3) is 0 Å². The maximum absolute atomic E-state index is 13.3. The van der Waals surface area contributed by atoms with Crippen LogP contribution >= 0.6 is 0 Å². The lowest BCUT2D eigenvalue weighted by molar-refractivity contribution is 0.0736. The number of piperazine rings is 1. The van der Waals surface area contributed by atoms with Crippen LogP contribution in [0.3, 0.4) is 0 Å². The summed E-state index contributed by atoms with van der Waals surface area (Å²) in [5, 5.41) is 3.07. The number of alkyl halides is 2. The molecule has 0 aromatic heterocycles. The van der Waals surface area contributed by atoms with Gasteiger partial charge < -0.3 is 5.32 Å². The maximum atomic E-state index is 13.3. The molecular weight excluding hydrogens is 279 g/mol. The van der Waals surface area contributed by atoms with E-state index >= 15 is 0 Å². The summed E-state index contributed by atoms with van der Waals surface area (Å²) in [5.74, 6) is -4.28. The highest BCUT2D eigenvalue weighted by Crippen LogP contribution is 2.29. The lowest BCUT2D eigenvalue weighted by atomic mass is 10.0. The summed E-state index contributed by atoms with van der Waals surface area (Å²) in [5.41, 5.74) is 0.0450. The van der Waals surface area contributed by atoms with E-state index in [2.05, 4.69) is 5.32 Å². The molecule has 1 aromatic rings. The quantitative estimate of drug-likeness (QED) is 0.678. The molecule has 0 amide bonds. The van der Waals surface area contributed by atoms with Crippen LogP contribution < -0.4 is 5.32 Å². The van der Waals surface area contributed by atoms with Gasteiger partial charge in [0.15, 0.2) is 17.5 Å². The van der Waals surface area contributed by atoms with Gasteiger partial charge in [-0.05, 0) is 17.7 Å². The Hall–Kier alpha value is -1.21. The fourth-order valence-corrected chi connectivity index (χ4v) is 2.43. The topological polar surface area (TPSA) is 15.3 Å².